The van der Waals surface area contributed by atoms with E-state index in [4.69, 9.17) is 19.9 Å². The standard InChI is InChI=1S/C34H44N6O3/c1-22-25-11-8-7-9-14-34(6)15-17-38(18-16-34)31-29(30(32(41)42)43-33(3,4)5)23(2)35-28-20-27(37-40(28)31)24-12-10-13-26(19-24)39(21-25)36-22/h10,12-13,19-21,30H,7-9,11,14-18H2,1-6H3,(H,41,42)/t30-/m0/s1. The number of piperidine rings is 1. The number of anilines is 1. The van der Waals surface area contributed by atoms with E-state index in [2.05, 4.69) is 37.1 Å². The van der Waals surface area contributed by atoms with Crippen molar-refractivity contribution >= 4 is 17.4 Å². The van der Waals surface area contributed by atoms with Gasteiger partial charge in [0.05, 0.1) is 28.2 Å². The Bertz CT molecular complexity index is 1650. The third-order valence-corrected chi connectivity index (χ3v) is 9.17. The van der Waals surface area contributed by atoms with E-state index in [1.807, 2.05) is 55.1 Å². The molecule has 0 radical (unpaired) electrons. The topological polar surface area (TPSA) is 97.8 Å². The third-order valence-electron chi connectivity index (χ3n) is 9.17. The number of ether oxygens (including phenoxy) is 1. The summed E-state index contributed by atoms with van der Waals surface area (Å²) in [4.78, 5) is 20.0. The van der Waals surface area contributed by atoms with Gasteiger partial charge in [-0.05, 0) is 89.8 Å². The number of fused-ring (bicyclic) bond motifs is 6. The lowest BCUT2D eigenvalue weighted by atomic mass is 9.76. The van der Waals surface area contributed by atoms with Gasteiger partial charge in [-0.1, -0.05) is 31.9 Å². The zero-order valence-electron chi connectivity index (χ0n) is 26.4. The number of rotatable bonds is 3. The smallest absolute Gasteiger partial charge is 0.337 e. The zero-order valence-corrected chi connectivity index (χ0v) is 26.4. The first-order valence-electron chi connectivity index (χ1n) is 15.6. The summed E-state index contributed by atoms with van der Waals surface area (Å²) >= 11 is 0. The fraction of sp³-hybridized carbons (Fsp3) is 0.529. The van der Waals surface area contributed by atoms with Crippen LogP contribution in [0.4, 0.5) is 5.82 Å². The Balaban J connectivity index is 1.54. The molecule has 1 atom stereocenters. The van der Waals surface area contributed by atoms with Crippen molar-refractivity contribution in [3.8, 4) is 16.9 Å². The molecule has 0 aliphatic carbocycles. The van der Waals surface area contributed by atoms with Gasteiger partial charge in [0.15, 0.2) is 11.8 Å². The van der Waals surface area contributed by atoms with Crippen LogP contribution in [-0.2, 0) is 16.0 Å². The van der Waals surface area contributed by atoms with E-state index in [0.29, 0.717) is 16.9 Å². The maximum atomic E-state index is 12.7. The Morgan fingerprint density at radius 2 is 1.79 bits per heavy atom. The molecule has 8 bridgehead atoms. The molecule has 0 spiro atoms. The Hall–Kier alpha value is -3.72. The third kappa shape index (κ3) is 5.92. The molecule has 3 aliphatic heterocycles. The van der Waals surface area contributed by atoms with Gasteiger partial charge in [-0.2, -0.15) is 14.7 Å². The molecule has 1 N–H and O–H groups in total. The van der Waals surface area contributed by atoms with Gasteiger partial charge in [0.2, 0.25) is 0 Å². The number of hydrogen-bond acceptors (Lipinski definition) is 6. The van der Waals surface area contributed by atoms with E-state index < -0.39 is 17.7 Å². The van der Waals surface area contributed by atoms with E-state index in [1.165, 1.54) is 24.8 Å². The molecular formula is C34H44N6O3. The lowest BCUT2D eigenvalue weighted by Gasteiger charge is -2.41. The molecule has 6 heterocycles. The molecule has 1 aromatic carbocycles. The number of carbonyl (C=O) groups is 1. The van der Waals surface area contributed by atoms with Crippen molar-refractivity contribution in [1.82, 2.24) is 24.4 Å². The summed E-state index contributed by atoms with van der Waals surface area (Å²) in [5.74, 6) is -0.254. The minimum atomic E-state index is -1.17. The highest BCUT2D eigenvalue weighted by atomic mass is 16.5. The van der Waals surface area contributed by atoms with E-state index in [9.17, 15) is 9.90 Å². The van der Waals surface area contributed by atoms with Gasteiger partial charge in [-0.3, -0.25) is 0 Å². The Labute approximate surface area is 253 Å². The first kappa shape index (κ1) is 29.4. The number of aromatic nitrogens is 5. The summed E-state index contributed by atoms with van der Waals surface area (Å²) in [6.45, 7) is 13.7. The van der Waals surface area contributed by atoms with Crippen molar-refractivity contribution < 1.29 is 14.6 Å². The molecule has 3 aliphatic rings. The van der Waals surface area contributed by atoms with E-state index >= 15 is 0 Å². The van der Waals surface area contributed by atoms with Gasteiger partial charge in [0, 0.05) is 36.6 Å². The molecular weight excluding hydrogens is 540 g/mol. The van der Waals surface area contributed by atoms with Crippen LogP contribution in [0, 0.1) is 19.3 Å². The fourth-order valence-electron chi connectivity index (χ4n) is 6.69. The number of hydrogen-bond donors (Lipinski definition) is 1. The monoisotopic (exact) mass is 584 g/mol. The molecule has 7 rings (SSSR count). The molecule has 9 nitrogen and oxygen atoms in total. The number of nitrogens with zero attached hydrogens (tertiary/aromatic N) is 6. The first-order valence-corrected chi connectivity index (χ1v) is 15.6. The van der Waals surface area contributed by atoms with Gasteiger partial charge in [0.1, 0.15) is 5.82 Å². The summed E-state index contributed by atoms with van der Waals surface area (Å²) < 4.78 is 10.0. The Morgan fingerprint density at radius 3 is 2.51 bits per heavy atom. The van der Waals surface area contributed by atoms with Gasteiger partial charge >= 0.3 is 5.97 Å². The summed E-state index contributed by atoms with van der Waals surface area (Å²) in [6.07, 6.45) is 8.87. The van der Waals surface area contributed by atoms with E-state index in [-0.39, 0.29) is 5.41 Å². The summed E-state index contributed by atoms with van der Waals surface area (Å²) in [5, 5.41) is 20.4. The summed E-state index contributed by atoms with van der Waals surface area (Å²) in [7, 11) is 0. The molecule has 0 amide bonds. The van der Waals surface area contributed by atoms with Crippen molar-refractivity contribution in [2.75, 3.05) is 18.0 Å². The SMILES string of the molecule is Cc1nn2cc1CCCCCC1(C)CCN(CC1)c1c([C@H](OC(C)(C)C)C(=O)O)c(C)nc3cc(nn13)-c1cccc-2c1. The number of aryl methyl sites for hydroxylation is 3. The number of carboxylic acids is 1. The zero-order chi connectivity index (χ0) is 30.5. The second kappa shape index (κ2) is 11.1. The van der Waals surface area contributed by atoms with Gasteiger partial charge in [-0.25, -0.2) is 14.5 Å². The van der Waals surface area contributed by atoms with Crippen LogP contribution in [-0.4, -0.2) is 54.1 Å². The molecule has 0 saturated carbocycles. The second-order valence-corrected chi connectivity index (χ2v) is 13.8. The van der Waals surface area contributed by atoms with Crippen LogP contribution in [0.3, 0.4) is 0 Å². The predicted molar refractivity (Wildman–Crippen MR) is 168 cm³/mol. The molecule has 9 heteroatoms. The lowest BCUT2D eigenvalue weighted by Crippen LogP contribution is -2.41. The maximum absolute atomic E-state index is 12.7. The van der Waals surface area contributed by atoms with Gasteiger partial charge in [-0.15, -0.1) is 0 Å². The van der Waals surface area contributed by atoms with Crippen molar-refractivity contribution in [2.45, 2.75) is 98.2 Å². The average Bonchev–Trinajstić information content (AvgIpc) is 3.54. The Morgan fingerprint density at radius 1 is 1.02 bits per heavy atom. The predicted octanol–water partition coefficient (Wildman–Crippen LogP) is 6.86. The highest BCUT2D eigenvalue weighted by Gasteiger charge is 2.37. The van der Waals surface area contributed by atoms with Crippen molar-refractivity contribution in [2.24, 2.45) is 5.41 Å². The average molecular weight is 585 g/mol. The van der Waals surface area contributed by atoms with Crippen molar-refractivity contribution in [1.29, 1.82) is 0 Å². The molecule has 0 unspecified atom stereocenters. The quantitative estimate of drug-likeness (QED) is 0.281. The highest BCUT2D eigenvalue weighted by Crippen LogP contribution is 2.41. The van der Waals surface area contributed by atoms with Crippen LogP contribution in [0.15, 0.2) is 36.5 Å². The summed E-state index contributed by atoms with van der Waals surface area (Å²) in [6, 6.07) is 10.2. The van der Waals surface area contributed by atoms with Crippen molar-refractivity contribution in [3.05, 3.63) is 59.0 Å². The van der Waals surface area contributed by atoms with Crippen LogP contribution in [0.1, 0.15) is 94.8 Å². The van der Waals surface area contributed by atoms with Crippen LogP contribution < -0.4 is 4.90 Å². The molecule has 4 aromatic rings. The largest absolute Gasteiger partial charge is 0.479 e. The van der Waals surface area contributed by atoms with Crippen LogP contribution in [0.2, 0.25) is 0 Å². The number of benzene rings is 1. The van der Waals surface area contributed by atoms with Crippen LogP contribution >= 0.6 is 0 Å². The van der Waals surface area contributed by atoms with E-state index in [1.54, 1.807) is 0 Å². The van der Waals surface area contributed by atoms with Crippen molar-refractivity contribution in [3.63, 3.8) is 0 Å². The molecule has 3 aromatic heterocycles. The molecule has 1 fully saturated rings. The normalized spacial score (nSPS) is 18.0. The maximum Gasteiger partial charge on any atom is 0.337 e. The number of aliphatic carboxylic acids is 1. The second-order valence-electron chi connectivity index (χ2n) is 13.8. The number of carboxylic acid groups (broad SMARTS) is 1. The Kier molecular flexibility index (Phi) is 7.57. The minimum absolute atomic E-state index is 0.254. The minimum Gasteiger partial charge on any atom is -0.479 e. The van der Waals surface area contributed by atoms with Crippen LogP contribution in [0.5, 0.6) is 0 Å². The first-order chi connectivity index (χ1) is 20.4. The highest BCUT2D eigenvalue weighted by molar-refractivity contribution is 5.79. The van der Waals surface area contributed by atoms with Gasteiger partial charge in [0.25, 0.3) is 0 Å². The molecule has 43 heavy (non-hydrogen) atoms. The van der Waals surface area contributed by atoms with Crippen LogP contribution in [0.25, 0.3) is 22.6 Å². The summed E-state index contributed by atoms with van der Waals surface area (Å²) in [5.41, 5.74) is 6.60. The molecule has 228 valence electrons. The molecule has 1 saturated heterocycles. The van der Waals surface area contributed by atoms with Gasteiger partial charge < -0.3 is 14.7 Å². The van der Waals surface area contributed by atoms with E-state index in [0.717, 1.165) is 67.2 Å². The fourth-order valence-corrected chi connectivity index (χ4v) is 6.69. The lowest BCUT2D eigenvalue weighted by molar-refractivity contribution is -0.160.